The second kappa shape index (κ2) is 6.17. The topological polar surface area (TPSA) is 86.5 Å². The highest BCUT2D eigenvalue weighted by Crippen LogP contribution is 2.10. The number of H-pyrrole nitrogens is 2. The maximum Gasteiger partial charge on any atom is 0.220 e. The zero-order chi connectivity index (χ0) is 13.7. The van der Waals surface area contributed by atoms with Crippen molar-refractivity contribution in [1.82, 2.24) is 25.5 Å². The molecule has 6 nitrogen and oxygen atoms in total. The summed E-state index contributed by atoms with van der Waals surface area (Å²) in [6, 6.07) is 0. The van der Waals surface area contributed by atoms with Gasteiger partial charge in [-0.2, -0.15) is 5.10 Å². The number of rotatable bonds is 6. The molecule has 2 aromatic rings. The van der Waals surface area contributed by atoms with E-state index in [1.54, 1.807) is 12.5 Å². The minimum absolute atomic E-state index is 0.0552. The third-order valence-electron chi connectivity index (χ3n) is 3.21. The number of nitrogens with one attached hydrogen (secondary N) is 3. The minimum atomic E-state index is 0.0552. The molecular weight excluding hydrogens is 242 g/mol. The van der Waals surface area contributed by atoms with E-state index in [0.717, 1.165) is 29.1 Å². The number of carbonyl (C=O) groups excluding carboxylic acids is 1. The van der Waals surface area contributed by atoms with Crippen molar-refractivity contribution < 1.29 is 4.79 Å². The second-order valence-electron chi connectivity index (χ2n) is 4.60. The number of aromatic nitrogens is 4. The summed E-state index contributed by atoms with van der Waals surface area (Å²) in [6.45, 7) is 4.63. The number of nitrogens with zero attached hydrogens (tertiary/aromatic N) is 2. The molecule has 0 aliphatic carbocycles. The SMILES string of the molecule is Cc1[nH]nc(CCC(=O)NCCc2cnc[nH]2)c1C. The Morgan fingerprint density at radius 2 is 2.21 bits per heavy atom. The summed E-state index contributed by atoms with van der Waals surface area (Å²) in [7, 11) is 0. The average Bonchev–Trinajstić information content (AvgIpc) is 3.00. The van der Waals surface area contributed by atoms with Crippen LogP contribution in [0.1, 0.15) is 29.1 Å². The van der Waals surface area contributed by atoms with Gasteiger partial charge in [0.2, 0.25) is 5.91 Å². The van der Waals surface area contributed by atoms with Crippen LogP contribution in [0.3, 0.4) is 0 Å². The Labute approximate surface area is 112 Å². The van der Waals surface area contributed by atoms with E-state index in [4.69, 9.17) is 0 Å². The summed E-state index contributed by atoms with van der Waals surface area (Å²) in [5.74, 6) is 0.0552. The molecule has 2 rings (SSSR count). The first-order chi connectivity index (χ1) is 9.16. The highest BCUT2D eigenvalue weighted by atomic mass is 16.1. The molecule has 0 unspecified atom stereocenters. The van der Waals surface area contributed by atoms with Gasteiger partial charge in [-0.15, -0.1) is 0 Å². The highest BCUT2D eigenvalue weighted by molar-refractivity contribution is 5.76. The first kappa shape index (κ1) is 13.3. The van der Waals surface area contributed by atoms with Crippen LogP contribution in [0.4, 0.5) is 0 Å². The number of aryl methyl sites for hydroxylation is 2. The Balaban J connectivity index is 1.68. The number of carbonyl (C=O) groups is 1. The van der Waals surface area contributed by atoms with E-state index in [1.165, 1.54) is 0 Å². The molecule has 0 aliphatic rings. The molecule has 0 bridgehead atoms. The Kier molecular flexibility index (Phi) is 4.33. The fourth-order valence-electron chi connectivity index (χ4n) is 1.86. The molecule has 0 fully saturated rings. The quantitative estimate of drug-likeness (QED) is 0.726. The molecule has 0 saturated heterocycles. The molecular formula is C13H19N5O. The van der Waals surface area contributed by atoms with Crippen molar-refractivity contribution >= 4 is 5.91 Å². The molecule has 0 atom stereocenters. The average molecular weight is 261 g/mol. The second-order valence-corrected chi connectivity index (χ2v) is 4.60. The molecule has 3 N–H and O–H groups in total. The number of amides is 1. The van der Waals surface area contributed by atoms with Crippen LogP contribution < -0.4 is 5.32 Å². The van der Waals surface area contributed by atoms with Gasteiger partial charge in [0.05, 0.1) is 12.0 Å². The van der Waals surface area contributed by atoms with Crippen molar-refractivity contribution in [1.29, 1.82) is 0 Å². The smallest absolute Gasteiger partial charge is 0.220 e. The molecule has 1 amide bonds. The molecule has 6 heteroatoms. The molecule has 0 radical (unpaired) electrons. The number of imidazole rings is 1. The zero-order valence-corrected chi connectivity index (χ0v) is 11.3. The summed E-state index contributed by atoms with van der Waals surface area (Å²) in [5, 5.41) is 10.0. The molecule has 19 heavy (non-hydrogen) atoms. The maximum absolute atomic E-state index is 11.7. The van der Waals surface area contributed by atoms with Crippen LogP contribution >= 0.6 is 0 Å². The maximum atomic E-state index is 11.7. The van der Waals surface area contributed by atoms with Crippen LogP contribution in [-0.2, 0) is 17.6 Å². The van der Waals surface area contributed by atoms with Crippen molar-refractivity contribution in [2.24, 2.45) is 0 Å². The number of hydrogen-bond donors (Lipinski definition) is 3. The van der Waals surface area contributed by atoms with E-state index in [-0.39, 0.29) is 5.91 Å². The van der Waals surface area contributed by atoms with E-state index in [0.29, 0.717) is 19.4 Å². The first-order valence-electron chi connectivity index (χ1n) is 6.41. The summed E-state index contributed by atoms with van der Waals surface area (Å²) >= 11 is 0. The van der Waals surface area contributed by atoms with Crippen LogP contribution in [0, 0.1) is 13.8 Å². The molecule has 0 aliphatic heterocycles. The van der Waals surface area contributed by atoms with Crippen LogP contribution in [-0.4, -0.2) is 32.6 Å². The molecule has 0 aromatic carbocycles. The Morgan fingerprint density at radius 3 is 2.84 bits per heavy atom. The van der Waals surface area contributed by atoms with E-state index in [1.807, 2.05) is 13.8 Å². The highest BCUT2D eigenvalue weighted by Gasteiger charge is 2.08. The lowest BCUT2D eigenvalue weighted by Gasteiger charge is -2.03. The molecule has 2 aromatic heterocycles. The lowest BCUT2D eigenvalue weighted by Crippen LogP contribution is -2.26. The predicted octanol–water partition coefficient (Wildman–Crippen LogP) is 1.04. The van der Waals surface area contributed by atoms with Gasteiger partial charge in [0.1, 0.15) is 0 Å². The van der Waals surface area contributed by atoms with Gasteiger partial charge in [-0.1, -0.05) is 0 Å². The standard InChI is InChI=1S/C13H19N5O/c1-9-10(2)17-18-12(9)3-4-13(19)15-6-5-11-7-14-8-16-11/h7-8H,3-6H2,1-2H3,(H,14,16)(H,15,19)(H,17,18). The minimum Gasteiger partial charge on any atom is -0.356 e. The van der Waals surface area contributed by atoms with Crippen molar-refractivity contribution in [3.63, 3.8) is 0 Å². The fourth-order valence-corrected chi connectivity index (χ4v) is 1.86. The first-order valence-corrected chi connectivity index (χ1v) is 6.41. The van der Waals surface area contributed by atoms with E-state index < -0.39 is 0 Å². The largest absolute Gasteiger partial charge is 0.356 e. The third-order valence-corrected chi connectivity index (χ3v) is 3.21. The van der Waals surface area contributed by atoms with Crippen LogP contribution in [0.5, 0.6) is 0 Å². The van der Waals surface area contributed by atoms with Gasteiger partial charge < -0.3 is 10.3 Å². The fraction of sp³-hybridized carbons (Fsp3) is 0.462. The van der Waals surface area contributed by atoms with Gasteiger partial charge >= 0.3 is 0 Å². The molecule has 0 saturated carbocycles. The Hall–Kier alpha value is -2.11. The Bertz CT molecular complexity index is 529. The number of hydrogen-bond acceptors (Lipinski definition) is 3. The normalized spacial score (nSPS) is 10.6. The van der Waals surface area contributed by atoms with Gasteiger partial charge in [-0.25, -0.2) is 4.98 Å². The third kappa shape index (κ3) is 3.67. The lowest BCUT2D eigenvalue weighted by molar-refractivity contribution is -0.121. The zero-order valence-electron chi connectivity index (χ0n) is 11.3. The summed E-state index contributed by atoms with van der Waals surface area (Å²) in [4.78, 5) is 18.6. The summed E-state index contributed by atoms with van der Waals surface area (Å²) in [6.07, 6.45) is 5.31. The summed E-state index contributed by atoms with van der Waals surface area (Å²) < 4.78 is 0. The predicted molar refractivity (Wildman–Crippen MR) is 71.7 cm³/mol. The van der Waals surface area contributed by atoms with Crippen molar-refractivity contribution in [3.8, 4) is 0 Å². The Morgan fingerprint density at radius 1 is 1.37 bits per heavy atom. The molecule has 102 valence electrons. The van der Waals surface area contributed by atoms with Gasteiger partial charge in [0.25, 0.3) is 0 Å². The lowest BCUT2D eigenvalue weighted by atomic mass is 10.1. The van der Waals surface area contributed by atoms with E-state index in [9.17, 15) is 4.79 Å². The van der Waals surface area contributed by atoms with E-state index in [2.05, 4.69) is 25.5 Å². The summed E-state index contributed by atoms with van der Waals surface area (Å²) in [5.41, 5.74) is 4.21. The van der Waals surface area contributed by atoms with Crippen molar-refractivity contribution in [2.45, 2.75) is 33.1 Å². The molecule has 0 spiro atoms. The van der Waals surface area contributed by atoms with Crippen molar-refractivity contribution in [2.75, 3.05) is 6.54 Å². The van der Waals surface area contributed by atoms with Crippen LogP contribution in [0.15, 0.2) is 12.5 Å². The van der Waals surface area contributed by atoms with Crippen LogP contribution in [0.25, 0.3) is 0 Å². The van der Waals surface area contributed by atoms with Crippen LogP contribution in [0.2, 0.25) is 0 Å². The van der Waals surface area contributed by atoms with Gasteiger partial charge in [0, 0.05) is 43.4 Å². The van der Waals surface area contributed by atoms with Crippen molar-refractivity contribution in [3.05, 3.63) is 35.2 Å². The molecule has 2 heterocycles. The number of aromatic amines is 2. The van der Waals surface area contributed by atoms with E-state index >= 15 is 0 Å². The van der Waals surface area contributed by atoms with Gasteiger partial charge in [-0.05, 0) is 19.4 Å². The van der Waals surface area contributed by atoms with Gasteiger partial charge in [0.15, 0.2) is 0 Å². The van der Waals surface area contributed by atoms with Gasteiger partial charge in [-0.3, -0.25) is 9.89 Å². The monoisotopic (exact) mass is 261 g/mol.